The average Bonchev–Trinajstić information content (AvgIpc) is 2.85. The summed E-state index contributed by atoms with van der Waals surface area (Å²) in [6.45, 7) is 4.19. The summed E-state index contributed by atoms with van der Waals surface area (Å²) >= 11 is 8.06. The van der Waals surface area contributed by atoms with Crippen LogP contribution in [0, 0.1) is 6.92 Å². The molecule has 3 nitrogen and oxygen atoms in total. The van der Waals surface area contributed by atoms with E-state index in [2.05, 4.69) is 35.9 Å². The van der Waals surface area contributed by atoms with Crippen LogP contribution in [-0.4, -0.2) is 17.1 Å². The van der Waals surface area contributed by atoms with Gasteiger partial charge in [-0.3, -0.25) is 0 Å². The molecule has 0 fully saturated rings. The summed E-state index contributed by atoms with van der Waals surface area (Å²) < 4.78 is 5.22. The third-order valence-electron chi connectivity index (χ3n) is 3.62. The Labute approximate surface area is 138 Å². The molecule has 0 aliphatic heterocycles. The lowest BCUT2D eigenvalue weighted by Gasteiger charge is -2.03. The molecule has 0 aliphatic carbocycles. The molecule has 5 heteroatoms. The van der Waals surface area contributed by atoms with Gasteiger partial charge in [0.25, 0.3) is 0 Å². The zero-order valence-corrected chi connectivity index (χ0v) is 14.4. The van der Waals surface area contributed by atoms with Crippen LogP contribution in [0.15, 0.2) is 24.3 Å². The number of methoxy groups -OCH3 is 1. The molecule has 0 N–H and O–H groups in total. The van der Waals surface area contributed by atoms with E-state index in [1.165, 1.54) is 4.88 Å². The Bertz CT molecular complexity index is 812. The molecule has 0 unspecified atom stereocenters. The largest absolute Gasteiger partial charge is 0.497 e. The highest BCUT2D eigenvalue weighted by molar-refractivity contribution is 7.22. The monoisotopic (exact) mass is 332 g/mol. The van der Waals surface area contributed by atoms with E-state index in [0.29, 0.717) is 5.15 Å². The Balaban J connectivity index is 2.13. The molecule has 3 rings (SSSR count). The zero-order chi connectivity index (χ0) is 15.7. The van der Waals surface area contributed by atoms with Crippen LogP contribution < -0.4 is 4.74 Å². The SMILES string of the molecule is CCCc1nc(Cl)c2c(C)c(-c3ccc(OC)cc3)sc2n1. The molecule has 0 amide bonds. The summed E-state index contributed by atoms with van der Waals surface area (Å²) in [4.78, 5) is 11.2. The first kappa shape index (κ1) is 15.3. The maximum absolute atomic E-state index is 6.39. The predicted molar refractivity (Wildman–Crippen MR) is 93.1 cm³/mol. The smallest absolute Gasteiger partial charge is 0.141 e. The van der Waals surface area contributed by atoms with Crippen LogP contribution in [0.3, 0.4) is 0 Å². The first-order chi connectivity index (χ1) is 10.6. The van der Waals surface area contributed by atoms with Crippen molar-refractivity contribution < 1.29 is 4.74 Å². The maximum Gasteiger partial charge on any atom is 0.141 e. The summed E-state index contributed by atoms with van der Waals surface area (Å²) in [5.41, 5.74) is 2.28. The van der Waals surface area contributed by atoms with Crippen LogP contribution in [-0.2, 0) is 6.42 Å². The quantitative estimate of drug-likeness (QED) is 0.609. The van der Waals surface area contributed by atoms with Gasteiger partial charge in [-0.05, 0) is 48.7 Å². The van der Waals surface area contributed by atoms with E-state index < -0.39 is 0 Å². The second-order valence-electron chi connectivity index (χ2n) is 5.15. The Morgan fingerprint density at radius 2 is 1.91 bits per heavy atom. The Morgan fingerprint density at radius 1 is 1.18 bits per heavy atom. The molecule has 0 atom stereocenters. The van der Waals surface area contributed by atoms with Gasteiger partial charge >= 0.3 is 0 Å². The molecule has 2 heterocycles. The van der Waals surface area contributed by atoms with Gasteiger partial charge < -0.3 is 4.74 Å². The Hall–Kier alpha value is -1.65. The molecule has 1 aromatic carbocycles. The highest BCUT2D eigenvalue weighted by Gasteiger charge is 2.16. The minimum atomic E-state index is 0.557. The fourth-order valence-electron chi connectivity index (χ4n) is 2.48. The van der Waals surface area contributed by atoms with Crippen molar-refractivity contribution >= 4 is 33.2 Å². The number of hydrogen-bond acceptors (Lipinski definition) is 4. The second kappa shape index (κ2) is 6.23. The lowest BCUT2D eigenvalue weighted by atomic mass is 10.1. The zero-order valence-electron chi connectivity index (χ0n) is 12.8. The Kier molecular flexibility index (Phi) is 4.32. The molecule has 0 saturated heterocycles. The van der Waals surface area contributed by atoms with Gasteiger partial charge in [0.05, 0.1) is 12.5 Å². The number of aromatic nitrogens is 2. The molecule has 0 saturated carbocycles. The number of benzene rings is 1. The molecule has 0 radical (unpaired) electrons. The molecule has 3 aromatic rings. The van der Waals surface area contributed by atoms with Crippen molar-refractivity contribution in [2.24, 2.45) is 0 Å². The molecule has 114 valence electrons. The maximum atomic E-state index is 6.39. The van der Waals surface area contributed by atoms with Gasteiger partial charge in [0.2, 0.25) is 0 Å². The number of fused-ring (bicyclic) bond motifs is 1. The topological polar surface area (TPSA) is 35.0 Å². The number of rotatable bonds is 4. The van der Waals surface area contributed by atoms with Crippen LogP contribution in [0.4, 0.5) is 0 Å². The lowest BCUT2D eigenvalue weighted by Crippen LogP contribution is -1.94. The van der Waals surface area contributed by atoms with Crippen molar-refractivity contribution in [1.82, 2.24) is 9.97 Å². The number of ether oxygens (including phenoxy) is 1. The second-order valence-corrected chi connectivity index (χ2v) is 6.50. The lowest BCUT2D eigenvalue weighted by molar-refractivity contribution is 0.415. The summed E-state index contributed by atoms with van der Waals surface area (Å²) in [5, 5.41) is 1.53. The summed E-state index contributed by atoms with van der Waals surface area (Å²) in [7, 11) is 1.67. The summed E-state index contributed by atoms with van der Waals surface area (Å²) in [6, 6.07) is 8.06. The minimum absolute atomic E-state index is 0.557. The number of hydrogen-bond donors (Lipinski definition) is 0. The number of thiophene rings is 1. The summed E-state index contributed by atoms with van der Waals surface area (Å²) in [5.74, 6) is 1.67. The number of halogens is 1. The number of nitrogens with zero attached hydrogens (tertiary/aromatic N) is 2. The number of aryl methyl sites for hydroxylation is 2. The fourth-order valence-corrected chi connectivity index (χ4v) is 4.07. The van der Waals surface area contributed by atoms with E-state index in [-0.39, 0.29) is 0 Å². The van der Waals surface area contributed by atoms with Crippen LogP contribution in [0.2, 0.25) is 5.15 Å². The third kappa shape index (κ3) is 2.69. The van der Waals surface area contributed by atoms with Gasteiger partial charge in [-0.15, -0.1) is 11.3 Å². The van der Waals surface area contributed by atoms with Crippen LogP contribution >= 0.6 is 22.9 Å². The first-order valence-corrected chi connectivity index (χ1v) is 8.43. The summed E-state index contributed by atoms with van der Waals surface area (Å²) in [6.07, 6.45) is 1.86. The van der Waals surface area contributed by atoms with E-state index >= 15 is 0 Å². The van der Waals surface area contributed by atoms with Crippen LogP contribution in [0.1, 0.15) is 24.7 Å². The van der Waals surface area contributed by atoms with E-state index in [9.17, 15) is 0 Å². The molecule has 22 heavy (non-hydrogen) atoms. The molecule has 0 bridgehead atoms. The fraction of sp³-hybridized carbons (Fsp3) is 0.294. The van der Waals surface area contributed by atoms with Gasteiger partial charge in [0.1, 0.15) is 21.6 Å². The molecule has 0 aliphatic rings. The van der Waals surface area contributed by atoms with Gasteiger partial charge in [-0.2, -0.15) is 0 Å². The van der Waals surface area contributed by atoms with E-state index in [1.54, 1.807) is 18.4 Å². The molecule has 0 spiro atoms. The molecular weight excluding hydrogens is 316 g/mol. The molecule has 2 aromatic heterocycles. The van der Waals surface area contributed by atoms with Gasteiger partial charge in [-0.25, -0.2) is 9.97 Å². The highest BCUT2D eigenvalue weighted by atomic mass is 35.5. The highest BCUT2D eigenvalue weighted by Crippen LogP contribution is 2.40. The van der Waals surface area contributed by atoms with Crippen molar-refractivity contribution in [2.45, 2.75) is 26.7 Å². The van der Waals surface area contributed by atoms with Crippen LogP contribution in [0.5, 0.6) is 5.75 Å². The van der Waals surface area contributed by atoms with E-state index in [0.717, 1.165) is 45.8 Å². The van der Waals surface area contributed by atoms with Crippen molar-refractivity contribution in [3.63, 3.8) is 0 Å². The average molecular weight is 333 g/mol. The molecular formula is C17H17ClN2OS. The third-order valence-corrected chi connectivity index (χ3v) is 5.13. The van der Waals surface area contributed by atoms with Crippen molar-refractivity contribution in [3.05, 3.63) is 40.8 Å². The standard InChI is InChI=1S/C17H17ClN2OS/c1-4-5-13-19-16(18)14-10(2)15(22-17(14)20-13)11-6-8-12(21-3)9-7-11/h6-9H,4-5H2,1-3H3. The van der Waals surface area contributed by atoms with Crippen molar-refractivity contribution in [2.75, 3.05) is 7.11 Å². The van der Waals surface area contributed by atoms with Crippen LogP contribution in [0.25, 0.3) is 20.7 Å². The van der Waals surface area contributed by atoms with E-state index in [1.807, 2.05) is 12.1 Å². The van der Waals surface area contributed by atoms with E-state index in [4.69, 9.17) is 16.3 Å². The van der Waals surface area contributed by atoms with Crippen molar-refractivity contribution in [1.29, 1.82) is 0 Å². The van der Waals surface area contributed by atoms with Gasteiger partial charge in [0.15, 0.2) is 0 Å². The minimum Gasteiger partial charge on any atom is -0.497 e. The normalized spacial score (nSPS) is 11.1. The van der Waals surface area contributed by atoms with Gasteiger partial charge in [-0.1, -0.05) is 18.5 Å². The first-order valence-electron chi connectivity index (χ1n) is 7.24. The van der Waals surface area contributed by atoms with Gasteiger partial charge in [0, 0.05) is 11.3 Å². The van der Waals surface area contributed by atoms with Crippen molar-refractivity contribution in [3.8, 4) is 16.2 Å². The Morgan fingerprint density at radius 3 is 2.55 bits per heavy atom. The predicted octanol–water partition coefficient (Wildman–Crippen LogP) is 5.28.